The highest BCUT2D eigenvalue weighted by atomic mass is 32.2. The van der Waals surface area contributed by atoms with Gasteiger partial charge in [0, 0.05) is 18.8 Å². The van der Waals surface area contributed by atoms with Gasteiger partial charge in [0.05, 0.1) is 18.6 Å². The molecular weight excluding hydrogens is 349 g/mol. The van der Waals surface area contributed by atoms with Crippen molar-refractivity contribution in [3.8, 4) is 11.6 Å². The molecule has 1 aliphatic heterocycles. The first-order valence-corrected chi connectivity index (χ1v) is 9.21. The minimum Gasteiger partial charge on any atom is -0.494 e. The number of hydrogen-bond donors (Lipinski definition) is 0. The Morgan fingerprint density at radius 3 is 2.84 bits per heavy atom. The zero-order valence-corrected chi connectivity index (χ0v) is 14.4. The molecule has 0 aliphatic carbocycles. The topological polar surface area (TPSA) is 81.6 Å². The SMILES string of the molecule is COc1ccc(S(=O)(=O)N2CCCC(Oc3ccncn3)C2)cc1F. The molecule has 1 aromatic heterocycles. The molecule has 0 bridgehead atoms. The summed E-state index contributed by atoms with van der Waals surface area (Å²) in [4.78, 5) is 7.69. The molecule has 1 saturated heterocycles. The largest absolute Gasteiger partial charge is 0.494 e. The van der Waals surface area contributed by atoms with Crippen LogP contribution in [0.2, 0.25) is 0 Å². The van der Waals surface area contributed by atoms with Crippen LogP contribution in [-0.2, 0) is 10.0 Å². The maximum absolute atomic E-state index is 13.9. The van der Waals surface area contributed by atoms with Crippen molar-refractivity contribution in [1.82, 2.24) is 14.3 Å². The summed E-state index contributed by atoms with van der Waals surface area (Å²) in [6.45, 7) is 0.541. The summed E-state index contributed by atoms with van der Waals surface area (Å²) in [7, 11) is -2.48. The van der Waals surface area contributed by atoms with E-state index in [0.29, 0.717) is 25.3 Å². The molecular formula is C16H18FN3O4S. The van der Waals surface area contributed by atoms with Gasteiger partial charge in [-0.15, -0.1) is 0 Å². The van der Waals surface area contributed by atoms with Gasteiger partial charge in [-0.2, -0.15) is 4.31 Å². The lowest BCUT2D eigenvalue weighted by Gasteiger charge is -2.31. The van der Waals surface area contributed by atoms with Gasteiger partial charge in [-0.1, -0.05) is 0 Å². The van der Waals surface area contributed by atoms with E-state index in [2.05, 4.69) is 9.97 Å². The van der Waals surface area contributed by atoms with Crippen LogP contribution < -0.4 is 9.47 Å². The Hall–Kier alpha value is -2.26. The first kappa shape index (κ1) is 17.6. The minimum absolute atomic E-state index is 0.00238. The molecule has 1 unspecified atom stereocenters. The maximum atomic E-state index is 13.9. The van der Waals surface area contributed by atoms with Crippen LogP contribution in [0, 0.1) is 5.82 Å². The van der Waals surface area contributed by atoms with Crippen LogP contribution in [0.25, 0.3) is 0 Å². The molecule has 2 aromatic rings. The normalized spacial score (nSPS) is 18.7. The Balaban J connectivity index is 1.76. The van der Waals surface area contributed by atoms with Crippen molar-refractivity contribution in [1.29, 1.82) is 0 Å². The Kier molecular flexibility index (Phi) is 5.14. The van der Waals surface area contributed by atoms with Gasteiger partial charge >= 0.3 is 0 Å². The smallest absolute Gasteiger partial charge is 0.243 e. The van der Waals surface area contributed by atoms with E-state index in [0.717, 1.165) is 6.07 Å². The van der Waals surface area contributed by atoms with Crippen molar-refractivity contribution in [2.24, 2.45) is 0 Å². The highest BCUT2D eigenvalue weighted by molar-refractivity contribution is 7.89. The lowest BCUT2D eigenvalue weighted by atomic mass is 10.1. The summed E-state index contributed by atoms with van der Waals surface area (Å²) >= 11 is 0. The average molecular weight is 367 g/mol. The highest BCUT2D eigenvalue weighted by Gasteiger charge is 2.32. The Morgan fingerprint density at radius 1 is 1.32 bits per heavy atom. The number of hydrogen-bond acceptors (Lipinski definition) is 6. The van der Waals surface area contributed by atoms with Crippen molar-refractivity contribution >= 4 is 10.0 Å². The predicted octanol–water partition coefficient (Wildman–Crippen LogP) is 1.86. The standard InChI is InChI=1S/C16H18FN3O4S/c1-23-15-5-4-13(9-14(15)17)25(21,22)20-8-2-3-12(10-20)24-16-6-7-18-11-19-16/h4-7,9,11-12H,2-3,8,10H2,1H3. The van der Waals surface area contributed by atoms with Gasteiger partial charge < -0.3 is 9.47 Å². The number of sulfonamides is 1. The van der Waals surface area contributed by atoms with E-state index in [4.69, 9.17) is 9.47 Å². The van der Waals surface area contributed by atoms with Gasteiger partial charge in [0.15, 0.2) is 11.6 Å². The summed E-state index contributed by atoms with van der Waals surface area (Å²) in [5.74, 6) is -0.313. The van der Waals surface area contributed by atoms with E-state index < -0.39 is 15.8 Å². The lowest BCUT2D eigenvalue weighted by molar-refractivity contribution is 0.124. The summed E-state index contributed by atoms with van der Waals surface area (Å²) in [6, 6.07) is 5.24. The molecule has 2 heterocycles. The number of benzene rings is 1. The fourth-order valence-corrected chi connectivity index (χ4v) is 4.22. The van der Waals surface area contributed by atoms with E-state index in [1.165, 1.54) is 29.9 Å². The van der Waals surface area contributed by atoms with Crippen LogP contribution in [-0.4, -0.2) is 49.0 Å². The van der Waals surface area contributed by atoms with Crippen LogP contribution in [0.1, 0.15) is 12.8 Å². The number of rotatable bonds is 5. The number of ether oxygens (including phenoxy) is 2. The monoisotopic (exact) mass is 367 g/mol. The number of methoxy groups -OCH3 is 1. The molecule has 1 aliphatic rings. The Labute approximate surface area is 145 Å². The van der Waals surface area contributed by atoms with Crippen LogP contribution in [0.15, 0.2) is 41.7 Å². The number of nitrogens with zero attached hydrogens (tertiary/aromatic N) is 3. The lowest BCUT2D eigenvalue weighted by Crippen LogP contribution is -2.44. The van der Waals surface area contributed by atoms with Gasteiger partial charge in [-0.25, -0.2) is 22.8 Å². The van der Waals surface area contributed by atoms with Gasteiger partial charge in [0.2, 0.25) is 15.9 Å². The second-order valence-corrected chi connectivity index (χ2v) is 7.53. The first-order valence-electron chi connectivity index (χ1n) is 7.77. The van der Waals surface area contributed by atoms with Crippen molar-refractivity contribution in [3.05, 3.63) is 42.6 Å². The van der Waals surface area contributed by atoms with Crippen LogP contribution in [0.3, 0.4) is 0 Å². The quantitative estimate of drug-likeness (QED) is 0.802. The van der Waals surface area contributed by atoms with Gasteiger partial charge in [0.1, 0.15) is 12.4 Å². The number of halogens is 1. The zero-order chi connectivity index (χ0) is 17.9. The van der Waals surface area contributed by atoms with Crippen LogP contribution >= 0.6 is 0 Å². The van der Waals surface area contributed by atoms with E-state index in [1.807, 2.05) is 0 Å². The average Bonchev–Trinajstić information content (AvgIpc) is 2.62. The molecule has 0 spiro atoms. The fraction of sp³-hybridized carbons (Fsp3) is 0.375. The molecule has 1 aromatic carbocycles. The van der Waals surface area contributed by atoms with E-state index in [1.54, 1.807) is 12.3 Å². The zero-order valence-electron chi connectivity index (χ0n) is 13.6. The third-order valence-electron chi connectivity index (χ3n) is 3.94. The van der Waals surface area contributed by atoms with Gasteiger partial charge in [-0.3, -0.25) is 0 Å². The van der Waals surface area contributed by atoms with Crippen molar-refractivity contribution in [2.45, 2.75) is 23.8 Å². The molecule has 134 valence electrons. The Bertz CT molecular complexity index is 833. The van der Waals surface area contributed by atoms with Crippen LogP contribution in [0.5, 0.6) is 11.6 Å². The molecule has 7 nitrogen and oxygen atoms in total. The minimum atomic E-state index is -3.81. The van der Waals surface area contributed by atoms with Crippen LogP contribution in [0.4, 0.5) is 4.39 Å². The molecule has 1 atom stereocenters. The highest BCUT2D eigenvalue weighted by Crippen LogP contribution is 2.26. The van der Waals surface area contributed by atoms with E-state index in [-0.39, 0.29) is 23.3 Å². The molecule has 3 rings (SSSR count). The first-order chi connectivity index (χ1) is 12.0. The summed E-state index contributed by atoms with van der Waals surface area (Å²) in [5, 5.41) is 0. The third-order valence-corrected chi connectivity index (χ3v) is 5.81. The summed E-state index contributed by atoms with van der Waals surface area (Å²) in [5.41, 5.74) is 0. The molecule has 0 saturated carbocycles. The predicted molar refractivity (Wildman–Crippen MR) is 87.4 cm³/mol. The number of piperidine rings is 1. The number of aromatic nitrogens is 2. The Morgan fingerprint density at radius 2 is 2.16 bits per heavy atom. The van der Waals surface area contributed by atoms with E-state index in [9.17, 15) is 12.8 Å². The van der Waals surface area contributed by atoms with E-state index >= 15 is 0 Å². The second kappa shape index (κ2) is 7.32. The summed E-state index contributed by atoms with van der Waals surface area (Å²) < 4.78 is 51.3. The van der Waals surface area contributed by atoms with Crippen molar-refractivity contribution < 1.29 is 22.3 Å². The van der Waals surface area contributed by atoms with Gasteiger partial charge in [0.25, 0.3) is 0 Å². The van der Waals surface area contributed by atoms with Crippen molar-refractivity contribution in [2.75, 3.05) is 20.2 Å². The molecule has 1 fully saturated rings. The molecule has 25 heavy (non-hydrogen) atoms. The van der Waals surface area contributed by atoms with Crippen molar-refractivity contribution in [3.63, 3.8) is 0 Å². The molecule has 0 N–H and O–H groups in total. The molecule has 0 radical (unpaired) electrons. The fourth-order valence-electron chi connectivity index (χ4n) is 2.70. The third kappa shape index (κ3) is 3.88. The second-order valence-electron chi connectivity index (χ2n) is 5.59. The van der Waals surface area contributed by atoms with Gasteiger partial charge in [-0.05, 0) is 31.0 Å². The maximum Gasteiger partial charge on any atom is 0.243 e. The summed E-state index contributed by atoms with van der Waals surface area (Å²) in [6.07, 6.45) is 3.97. The molecule has 0 amide bonds. The molecule has 9 heteroatoms.